The molecule has 0 atom stereocenters. The maximum Gasteiger partial charge on any atom is 0.280 e. The van der Waals surface area contributed by atoms with Crippen molar-refractivity contribution in [1.29, 1.82) is 0 Å². The first kappa shape index (κ1) is 23.4. The summed E-state index contributed by atoms with van der Waals surface area (Å²) in [7, 11) is 0. The van der Waals surface area contributed by atoms with Crippen LogP contribution in [0.1, 0.15) is 31.2 Å². The first-order valence-corrected chi connectivity index (χ1v) is 11.4. The van der Waals surface area contributed by atoms with Gasteiger partial charge in [-0.3, -0.25) is 25.2 Å². The van der Waals surface area contributed by atoms with Crippen molar-refractivity contribution in [1.82, 2.24) is 10.9 Å². The zero-order valence-corrected chi connectivity index (χ0v) is 19.5. The summed E-state index contributed by atoms with van der Waals surface area (Å²) >= 11 is 6.98. The van der Waals surface area contributed by atoms with Gasteiger partial charge in [0.15, 0.2) is 0 Å². The van der Waals surface area contributed by atoms with Crippen LogP contribution in [0.5, 0.6) is 0 Å². The topological polar surface area (TPSA) is 87.3 Å². The molecule has 34 heavy (non-hydrogen) atoms. The number of carbonyl (C=O) groups excluding carboxylic acids is 3. The number of fused-ring (bicyclic) bond motifs is 1. The molecule has 0 radical (unpaired) electrons. The Bertz CT molecular complexity index is 1410. The van der Waals surface area contributed by atoms with Crippen molar-refractivity contribution in [2.45, 2.75) is 13.3 Å². The Hall–Kier alpha value is -3.75. The lowest BCUT2D eigenvalue weighted by molar-refractivity contribution is -0.121. The van der Waals surface area contributed by atoms with Crippen LogP contribution in [0.25, 0.3) is 10.8 Å². The third-order valence-corrected chi connectivity index (χ3v) is 6.55. The van der Waals surface area contributed by atoms with Crippen molar-refractivity contribution in [2.24, 2.45) is 0 Å². The lowest BCUT2D eigenvalue weighted by Gasteiger charge is -2.09. The maximum atomic E-state index is 13.2. The van der Waals surface area contributed by atoms with E-state index in [1.807, 2.05) is 42.5 Å². The largest absolute Gasteiger partial charge is 0.313 e. The highest BCUT2D eigenvalue weighted by Crippen LogP contribution is 2.28. The summed E-state index contributed by atoms with van der Waals surface area (Å²) in [4.78, 5) is 37.8. The van der Waals surface area contributed by atoms with E-state index < -0.39 is 17.6 Å². The van der Waals surface area contributed by atoms with Gasteiger partial charge in [0.2, 0.25) is 5.91 Å². The van der Waals surface area contributed by atoms with Crippen molar-refractivity contribution < 1.29 is 18.8 Å². The van der Waals surface area contributed by atoms with E-state index in [0.717, 1.165) is 39.8 Å². The number of benzene rings is 3. The number of amides is 3. The Kier molecular flexibility index (Phi) is 6.90. The van der Waals surface area contributed by atoms with Crippen LogP contribution >= 0.6 is 22.9 Å². The van der Waals surface area contributed by atoms with E-state index in [0.29, 0.717) is 15.4 Å². The Morgan fingerprint density at radius 3 is 2.50 bits per heavy atom. The molecule has 4 aromatic rings. The molecular formula is C25H19ClFN3O3S. The summed E-state index contributed by atoms with van der Waals surface area (Å²) in [6.45, 7) is 1.71. The molecule has 4 rings (SSSR count). The van der Waals surface area contributed by atoms with E-state index in [1.54, 1.807) is 13.0 Å². The molecule has 0 aliphatic rings. The van der Waals surface area contributed by atoms with Crippen LogP contribution in [0.2, 0.25) is 5.02 Å². The van der Waals surface area contributed by atoms with E-state index in [1.165, 1.54) is 6.07 Å². The number of rotatable bonds is 5. The quantitative estimate of drug-likeness (QED) is 0.330. The highest BCUT2D eigenvalue weighted by atomic mass is 35.5. The smallest absolute Gasteiger partial charge is 0.280 e. The molecule has 3 N–H and O–H groups in total. The first-order valence-electron chi connectivity index (χ1n) is 10.2. The van der Waals surface area contributed by atoms with Crippen LogP contribution in [0.15, 0.2) is 66.7 Å². The van der Waals surface area contributed by atoms with E-state index in [2.05, 4.69) is 16.2 Å². The van der Waals surface area contributed by atoms with Crippen molar-refractivity contribution in [3.05, 3.63) is 99.1 Å². The number of hydrogen-bond donors (Lipinski definition) is 3. The number of nitrogens with one attached hydrogen (secondary N) is 3. The lowest BCUT2D eigenvalue weighted by atomic mass is 10.0. The zero-order chi connectivity index (χ0) is 24.2. The fourth-order valence-corrected chi connectivity index (χ4v) is 4.69. The standard InChI is InChI=1S/C25H19ClFN3O3S/c1-14-11-22(28-24(32)19-10-9-17(27)13-20(19)26)34-23(14)25(33)30-29-21(31)12-16-7-4-6-15-5-2-3-8-18(15)16/h2-11,13H,12H2,1H3,(H,28,32)(H,29,31)(H,30,33). The van der Waals surface area contributed by atoms with Gasteiger partial charge >= 0.3 is 0 Å². The molecule has 0 unspecified atom stereocenters. The molecule has 0 spiro atoms. The molecule has 1 aromatic heterocycles. The first-order chi connectivity index (χ1) is 16.3. The van der Waals surface area contributed by atoms with Gasteiger partial charge in [-0.05, 0) is 53.1 Å². The fourth-order valence-electron chi connectivity index (χ4n) is 3.47. The SMILES string of the molecule is Cc1cc(NC(=O)c2ccc(F)cc2Cl)sc1C(=O)NNC(=O)Cc1cccc2ccccc12. The predicted octanol–water partition coefficient (Wildman–Crippen LogP) is 5.26. The van der Waals surface area contributed by atoms with Gasteiger partial charge in [-0.2, -0.15) is 0 Å². The summed E-state index contributed by atoms with van der Waals surface area (Å²) in [6, 6.07) is 18.6. The average molecular weight is 496 g/mol. The Balaban J connectivity index is 1.38. The van der Waals surface area contributed by atoms with Crippen LogP contribution in [0.4, 0.5) is 9.39 Å². The summed E-state index contributed by atoms with van der Waals surface area (Å²) in [5, 5.41) is 5.06. The van der Waals surface area contributed by atoms with Gasteiger partial charge < -0.3 is 5.32 Å². The molecule has 0 saturated carbocycles. The zero-order valence-electron chi connectivity index (χ0n) is 17.9. The van der Waals surface area contributed by atoms with E-state index >= 15 is 0 Å². The van der Waals surface area contributed by atoms with Gasteiger partial charge in [-0.15, -0.1) is 11.3 Å². The number of carbonyl (C=O) groups is 3. The second-order valence-corrected chi connectivity index (χ2v) is 8.98. The summed E-state index contributed by atoms with van der Waals surface area (Å²) in [6.07, 6.45) is 0.102. The van der Waals surface area contributed by atoms with Gasteiger partial charge in [0.05, 0.1) is 26.9 Å². The molecule has 172 valence electrons. The molecule has 0 saturated heterocycles. The number of hydrogen-bond acceptors (Lipinski definition) is 4. The van der Waals surface area contributed by atoms with Crippen molar-refractivity contribution in [2.75, 3.05) is 5.32 Å². The normalized spacial score (nSPS) is 10.7. The van der Waals surface area contributed by atoms with Gasteiger partial charge in [0.1, 0.15) is 5.82 Å². The minimum atomic E-state index is -0.546. The Morgan fingerprint density at radius 2 is 1.71 bits per heavy atom. The van der Waals surface area contributed by atoms with Crippen LogP contribution in [0, 0.1) is 12.7 Å². The maximum absolute atomic E-state index is 13.2. The fraction of sp³-hybridized carbons (Fsp3) is 0.0800. The second kappa shape index (κ2) is 10.0. The third-order valence-electron chi connectivity index (χ3n) is 5.08. The number of anilines is 1. The monoisotopic (exact) mass is 495 g/mol. The number of thiophene rings is 1. The van der Waals surface area contributed by atoms with Gasteiger partial charge in [0.25, 0.3) is 11.8 Å². The molecule has 6 nitrogen and oxygen atoms in total. The Morgan fingerprint density at radius 1 is 0.941 bits per heavy atom. The van der Waals surface area contributed by atoms with E-state index in [4.69, 9.17) is 11.6 Å². The molecule has 0 fully saturated rings. The number of hydrazine groups is 1. The predicted molar refractivity (Wildman–Crippen MR) is 132 cm³/mol. The van der Waals surface area contributed by atoms with E-state index in [-0.39, 0.29) is 22.9 Å². The minimum Gasteiger partial charge on any atom is -0.313 e. The average Bonchev–Trinajstić information content (AvgIpc) is 3.17. The van der Waals surface area contributed by atoms with E-state index in [9.17, 15) is 18.8 Å². The van der Waals surface area contributed by atoms with Crippen molar-refractivity contribution in [3.8, 4) is 0 Å². The van der Waals surface area contributed by atoms with Crippen molar-refractivity contribution in [3.63, 3.8) is 0 Å². The summed E-state index contributed by atoms with van der Waals surface area (Å²) in [5.74, 6) is -1.94. The molecule has 0 bridgehead atoms. The number of aryl methyl sites for hydroxylation is 1. The molecule has 0 aliphatic heterocycles. The summed E-state index contributed by atoms with van der Waals surface area (Å²) in [5.41, 5.74) is 6.43. The highest BCUT2D eigenvalue weighted by Gasteiger charge is 2.18. The van der Waals surface area contributed by atoms with Gasteiger partial charge in [0, 0.05) is 0 Å². The Labute approximate surface area is 203 Å². The summed E-state index contributed by atoms with van der Waals surface area (Å²) < 4.78 is 13.2. The molecule has 0 aliphatic carbocycles. The number of halogens is 2. The molecule has 3 aromatic carbocycles. The molecule has 3 amide bonds. The third kappa shape index (κ3) is 5.24. The lowest BCUT2D eigenvalue weighted by Crippen LogP contribution is -2.42. The van der Waals surface area contributed by atoms with Gasteiger partial charge in [-0.1, -0.05) is 54.1 Å². The minimum absolute atomic E-state index is 0.0161. The second-order valence-electron chi connectivity index (χ2n) is 7.52. The molecule has 1 heterocycles. The van der Waals surface area contributed by atoms with Crippen LogP contribution in [0.3, 0.4) is 0 Å². The highest BCUT2D eigenvalue weighted by molar-refractivity contribution is 7.18. The van der Waals surface area contributed by atoms with Crippen LogP contribution < -0.4 is 16.2 Å². The van der Waals surface area contributed by atoms with Gasteiger partial charge in [-0.25, -0.2) is 4.39 Å². The molecular weight excluding hydrogens is 477 g/mol. The van der Waals surface area contributed by atoms with Crippen LogP contribution in [-0.2, 0) is 11.2 Å². The van der Waals surface area contributed by atoms with Crippen LogP contribution in [-0.4, -0.2) is 17.7 Å². The molecule has 9 heteroatoms. The van der Waals surface area contributed by atoms with Crippen molar-refractivity contribution >= 4 is 56.4 Å².